The summed E-state index contributed by atoms with van der Waals surface area (Å²) in [6, 6.07) is 0.510. The van der Waals surface area contributed by atoms with Crippen LogP contribution < -0.4 is 0 Å². The van der Waals surface area contributed by atoms with Crippen molar-refractivity contribution in [2.45, 2.75) is 38.5 Å². The summed E-state index contributed by atoms with van der Waals surface area (Å²) in [6.07, 6.45) is 1.60. The molecule has 1 saturated heterocycles. The van der Waals surface area contributed by atoms with Crippen molar-refractivity contribution in [3.63, 3.8) is 0 Å². The van der Waals surface area contributed by atoms with Crippen LogP contribution in [0.5, 0.6) is 0 Å². The van der Waals surface area contributed by atoms with Crippen LogP contribution in [0.3, 0.4) is 0 Å². The molecule has 0 radical (unpaired) electrons. The quantitative estimate of drug-likeness (QED) is 0.661. The first-order chi connectivity index (χ1) is 6.11. The lowest BCUT2D eigenvalue weighted by Gasteiger charge is -2.36. The van der Waals surface area contributed by atoms with Crippen molar-refractivity contribution < 1.29 is 9.47 Å². The molecule has 0 aliphatic carbocycles. The summed E-state index contributed by atoms with van der Waals surface area (Å²) in [5.74, 6) is 0. The molecule has 1 rings (SSSR count). The summed E-state index contributed by atoms with van der Waals surface area (Å²) in [4.78, 5) is 2.23. The van der Waals surface area contributed by atoms with Gasteiger partial charge in [0.2, 0.25) is 0 Å². The zero-order chi connectivity index (χ0) is 9.84. The van der Waals surface area contributed by atoms with Crippen molar-refractivity contribution in [3.8, 4) is 0 Å². The molecule has 13 heavy (non-hydrogen) atoms. The maximum absolute atomic E-state index is 5.80. The third-order valence-electron chi connectivity index (χ3n) is 2.38. The second-order valence-corrected chi connectivity index (χ2v) is 4.12. The molecule has 0 N–H and O–H groups in total. The van der Waals surface area contributed by atoms with Crippen LogP contribution in [0.1, 0.15) is 20.3 Å². The van der Waals surface area contributed by atoms with Crippen molar-refractivity contribution >= 4 is 0 Å². The van der Waals surface area contributed by atoms with E-state index in [0.29, 0.717) is 6.04 Å². The third kappa shape index (κ3) is 3.25. The van der Waals surface area contributed by atoms with Crippen LogP contribution in [0.25, 0.3) is 0 Å². The molecule has 2 atom stereocenters. The predicted molar refractivity (Wildman–Crippen MR) is 52.9 cm³/mol. The van der Waals surface area contributed by atoms with Gasteiger partial charge in [0, 0.05) is 12.6 Å². The molecule has 2 unspecified atom stereocenters. The van der Waals surface area contributed by atoms with Crippen LogP contribution in [0, 0.1) is 0 Å². The Hall–Kier alpha value is -0.120. The van der Waals surface area contributed by atoms with Gasteiger partial charge in [-0.2, -0.15) is 0 Å². The predicted octanol–water partition coefficient (Wildman–Crippen LogP) is 1.13. The molecule has 3 heteroatoms. The molecule has 0 bridgehead atoms. The third-order valence-corrected chi connectivity index (χ3v) is 2.38. The van der Waals surface area contributed by atoms with Gasteiger partial charge in [0.25, 0.3) is 0 Å². The molecule has 1 aliphatic rings. The highest BCUT2D eigenvalue weighted by molar-refractivity contribution is 4.80. The van der Waals surface area contributed by atoms with Crippen LogP contribution in [0.4, 0.5) is 0 Å². The van der Waals surface area contributed by atoms with Crippen LogP contribution in [-0.4, -0.2) is 50.5 Å². The Morgan fingerprint density at radius 3 is 2.62 bits per heavy atom. The summed E-state index contributed by atoms with van der Waals surface area (Å²) in [6.45, 7) is 5.74. The Morgan fingerprint density at radius 1 is 1.38 bits per heavy atom. The van der Waals surface area contributed by atoms with Gasteiger partial charge in [-0.1, -0.05) is 0 Å². The van der Waals surface area contributed by atoms with Crippen molar-refractivity contribution in [2.24, 2.45) is 0 Å². The topological polar surface area (TPSA) is 21.7 Å². The van der Waals surface area contributed by atoms with Crippen LogP contribution in [0.2, 0.25) is 0 Å². The molecular formula is C10H21NO2. The molecule has 0 aromatic rings. The Morgan fingerprint density at radius 2 is 2.08 bits per heavy atom. The smallest absolute Gasteiger partial charge is 0.0967 e. The monoisotopic (exact) mass is 187 g/mol. The molecular weight excluding hydrogens is 166 g/mol. The number of rotatable bonds is 3. The Kier molecular flexibility index (Phi) is 4.16. The van der Waals surface area contributed by atoms with Gasteiger partial charge in [-0.15, -0.1) is 0 Å². The first-order valence-electron chi connectivity index (χ1n) is 5.01. The standard InChI is InChI=1S/C10H21NO2/c1-8(2)13-10-7-12-6-5-9(10)11(3)4/h8-10H,5-7H2,1-4H3. The van der Waals surface area contributed by atoms with E-state index in [1.54, 1.807) is 0 Å². The average molecular weight is 187 g/mol. The molecule has 0 amide bonds. The molecule has 0 aromatic carbocycles. The molecule has 0 saturated carbocycles. The van der Waals surface area contributed by atoms with Gasteiger partial charge in [0.1, 0.15) is 0 Å². The minimum Gasteiger partial charge on any atom is -0.379 e. The lowest BCUT2D eigenvalue weighted by atomic mass is 10.1. The van der Waals surface area contributed by atoms with Gasteiger partial charge in [-0.25, -0.2) is 0 Å². The minimum atomic E-state index is 0.240. The van der Waals surface area contributed by atoms with E-state index in [0.717, 1.165) is 19.6 Å². The van der Waals surface area contributed by atoms with Gasteiger partial charge < -0.3 is 14.4 Å². The number of nitrogens with zero attached hydrogens (tertiary/aromatic N) is 1. The second kappa shape index (κ2) is 4.94. The zero-order valence-corrected chi connectivity index (χ0v) is 9.12. The molecule has 0 aromatic heterocycles. The maximum Gasteiger partial charge on any atom is 0.0967 e. The first kappa shape index (κ1) is 11.0. The lowest BCUT2D eigenvalue weighted by molar-refractivity contribution is -0.109. The van der Waals surface area contributed by atoms with Crippen molar-refractivity contribution in [2.75, 3.05) is 27.3 Å². The number of hydrogen-bond acceptors (Lipinski definition) is 3. The average Bonchev–Trinajstić information content (AvgIpc) is 2.03. The van der Waals surface area contributed by atoms with Crippen molar-refractivity contribution in [1.29, 1.82) is 0 Å². The van der Waals surface area contributed by atoms with Crippen LogP contribution in [-0.2, 0) is 9.47 Å². The largest absolute Gasteiger partial charge is 0.379 e. The summed E-state index contributed by atoms with van der Waals surface area (Å²) in [5, 5.41) is 0. The molecule has 1 heterocycles. The highest BCUT2D eigenvalue weighted by atomic mass is 16.5. The van der Waals surface area contributed by atoms with E-state index >= 15 is 0 Å². The van der Waals surface area contributed by atoms with Crippen molar-refractivity contribution in [1.82, 2.24) is 4.90 Å². The number of ether oxygens (including phenoxy) is 2. The SMILES string of the molecule is CC(C)OC1COCCC1N(C)C. The van der Waals surface area contributed by atoms with Gasteiger partial charge in [0.05, 0.1) is 18.8 Å². The summed E-state index contributed by atoms with van der Waals surface area (Å²) < 4.78 is 11.2. The molecule has 0 spiro atoms. The van der Waals surface area contributed by atoms with E-state index in [-0.39, 0.29) is 12.2 Å². The molecule has 1 fully saturated rings. The van der Waals surface area contributed by atoms with Crippen LogP contribution in [0.15, 0.2) is 0 Å². The van der Waals surface area contributed by atoms with E-state index in [9.17, 15) is 0 Å². The fraction of sp³-hybridized carbons (Fsp3) is 1.00. The van der Waals surface area contributed by atoms with Crippen LogP contribution >= 0.6 is 0 Å². The van der Waals surface area contributed by atoms with Gasteiger partial charge in [-0.05, 0) is 34.4 Å². The lowest BCUT2D eigenvalue weighted by Crippen LogP contribution is -2.48. The van der Waals surface area contributed by atoms with E-state index < -0.39 is 0 Å². The summed E-state index contributed by atoms with van der Waals surface area (Å²) >= 11 is 0. The maximum atomic E-state index is 5.80. The fourth-order valence-corrected chi connectivity index (χ4v) is 1.77. The van der Waals surface area contributed by atoms with Gasteiger partial charge in [-0.3, -0.25) is 0 Å². The Bertz CT molecular complexity index is 148. The summed E-state index contributed by atoms with van der Waals surface area (Å²) in [5.41, 5.74) is 0. The molecule has 3 nitrogen and oxygen atoms in total. The number of hydrogen-bond donors (Lipinski definition) is 0. The normalized spacial score (nSPS) is 30.0. The highest BCUT2D eigenvalue weighted by Gasteiger charge is 2.28. The molecule has 1 aliphatic heterocycles. The fourth-order valence-electron chi connectivity index (χ4n) is 1.77. The van der Waals surface area contributed by atoms with Gasteiger partial charge in [0.15, 0.2) is 0 Å². The Balaban J connectivity index is 2.46. The van der Waals surface area contributed by atoms with E-state index in [4.69, 9.17) is 9.47 Å². The minimum absolute atomic E-state index is 0.240. The second-order valence-electron chi connectivity index (χ2n) is 4.12. The molecule has 78 valence electrons. The summed E-state index contributed by atoms with van der Waals surface area (Å²) in [7, 11) is 4.21. The Labute approximate surface area is 81.0 Å². The van der Waals surface area contributed by atoms with Crippen molar-refractivity contribution in [3.05, 3.63) is 0 Å². The highest BCUT2D eigenvalue weighted by Crippen LogP contribution is 2.16. The van der Waals surface area contributed by atoms with E-state index in [1.807, 2.05) is 0 Å². The van der Waals surface area contributed by atoms with Gasteiger partial charge >= 0.3 is 0 Å². The zero-order valence-electron chi connectivity index (χ0n) is 9.12. The van der Waals surface area contributed by atoms with E-state index in [2.05, 4.69) is 32.8 Å². The number of likely N-dealkylation sites (N-methyl/N-ethyl adjacent to an activating group) is 1. The van der Waals surface area contributed by atoms with E-state index in [1.165, 1.54) is 0 Å². The first-order valence-corrected chi connectivity index (χ1v) is 5.01.